The van der Waals surface area contributed by atoms with Crippen LogP contribution in [0, 0.1) is 0 Å². The van der Waals surface area contributed by atoms with Gasteiger partial charge in [-0.2, -0.15) is 0 Å². The Bertz CT molecular complexity index is 570. The molecule has 2 aromatic rings. The van der Waals surface area contributed by atoms with Crippen molar-refractivity contribution < 1.29 is 4.79 Å². The monoisotopic (exact) mass is 340 g/mol. The first-order valence-corrected chi connectivity index (χ1v) is 8.62. The molecule has 94 valence electrons. The standard InChI is InChI=1S/C14H13BrOS2/c15-11-5-7-18-14(11)8-12(16)9-2-1-3-13-10(9)4-6-17-13/h4-7,9H,1-3,8H2. The molecule has 1 aliphatic carbocycles. The van der Waals surface area contributed by atoms with Gasteiger partial charge in [0.2, 0.25) is 0 Å². The molecule has 0 radical (unpaired) electrons. The molecule has 1 aliphatic rings. The number of rotatable bonds is 3. The zero-order chi connectivity index (χ0) is 12.5. The zero-order valence-corrected chi connectivity index (χ0v) is 13.0. The van der Waals surface area contributed by atoms with Crippen LogP contribution in [0.4, 0.5) is 0 Å². The lowest BCUT2D eigenvalue weighted by atomic mass is 9.83. The van der Waals surface area contributed by atoms with Crippen molar-refractivity contribution in [3.63, 3.8) is 0 Å². The number of hydrogen-bond donors (Lipinski definition) is 0. The maximum Gasteiger partial charge on any atom is 0.145 e. The molecule has 0 spiro atoms. The zero-order valence-electron chi connectivity index (χ0n) is 9.82. The number of aryl methyl sites for hydroxylation is 1. The molecule has 0 fully saturated rings. The first-order valence-electron chi connectivity index (χ1n) is 6.06. The summed E-state index contributed by atoms with van der Waals surface area (Å²) in [5, 5.41) is 4.15. The maximum absolute atomic E-state index is 12.5. The van der Waals surface area contributed by atoms with Crippen LogP contribution in [0.5, 0.6) is 0 Å². The highest BCUT2D eigenvalue weighted by Crippen LogP contribution is 2.36. The van der Waals surface area contributed by atoms with Gasteiger partial charge >= 0.3 is 0 Å². The topological polar surface area (TPSA) is 17.1 Å². The number of thiophene rings is 2. The second kappa shape index (κ2) is 5.27. The van der Waals surface area contributed by atoms with E-state index in [4.69, 9.17) is 0 Å². The van der Waals surface area contributed by atoms with E-state index in [1.54, 1.807) is 22.7 Å². The van der Waals surface area contributed by atoms with Gasteiger partial charge in [0.05, 0.1) is 0 Å². The second-order valence-electron chi connectivity index (χ2n) is 4.58. The first-order chi connectivity index (χ1) is 8.75. The second-order valence-corrected chi connectivity index (χ2v) is 7.43. The van der Waals surface area contributed by atoms with E-state index in [2.05, 4.69) is 27.4 Å². The molecule has 3 rings (SSSR count). The van der Waals surface area contributed by atoms with Crippen LogP contribution in [0.1, 0.15) is 34.1 Å². The van der Waals surface area contributed by atoms with Crippen molar-refractivity contribution in [1.29, 1.82) is 0 Å². The minimum Gasteiger partial charge on any atom is -0.299 e. The summed E-state index contributed by atoms with van der Waals surface area (Å²) in [6.45, 7) is 0. The third-order valence-corrected chi connectivity index (χ3v) is 6.39. The van der Waals surface area contributed by atoms with Crippen molar-refractivity contribution >= 4 is 44.4 Å². The Morgan fingerprint density at radius 3 is 2.94 bits per heavy atom. The quantitative estimate of drug-likeness (QED) is 0.783. The van der Waals surface area contributed by atoms with E-state index in [0.717, 1.165) is 28.6 Å². The smallest absolute Gasteiger partial charge is 0.145 e. The summed E-state index contributed by atoms with van der Waals surface area (Å²) in [6, 6.07) is 4.16. The van der Waals surface area contributed by atoms with Crippen LogP contribution in [0.3, 0.4) is 0 Å². The predicted molar refractivity (Wildman–Crippen MR) is 80.7 cm³/mol. The van der Waals surface area contributed by atoms with Gasteiger partial charge in [0, 0.05) is 26.6 Å². The first kappa shape index (κ1) is 12.6. The highest BCUT2D eigenvalue weighted by Gasteiger charge is 2.27. The Morgan fingerprint density at radius 2 is 2.17 bits per heavy atom. The van der Waals surface area contributed by atoms with Crippen molar-refractivity contribution in [2.75, 3.05) is 0 Å². The van der Waals surface area contributed by atoms with E-state index >= 15 is 0 Å². The third-order valence-electron chi connectivity index (χ3n) is 3.47. The summed E-state index contributed by atoms with van der Waals surface area (Å²) in [7, 11) is 0. The molecule has 1 unspecified atom stereocenters. The van der Waals surface area contributed by atoms with Gasteiger partial charge in [-0.15, -0.1) is 22.7 Å². The summed E-state index contributed by atoms with van der Waals surface area (Å²) in [4.78, 5) is 15.0. The van der Waals surface area contributed by atoms with Crippen molar-refractivity contribution in [2.45, 2.75) is 31.6 Å². The van der Waals surface area contributed by atoms with Gasteiger partial charge in [0.25, 0.3) is 0 Å². The van der Waals surface area contributed by atoms with E-state index in [1.807, 2.05) is 11.4 Å². The molecule has 0 N–H and O–H groups in total. The van der Waals surface area contributed by atoms with Crippen molar-refractivity contribution in [3.8, 4) is 0 Å². The van der Waals surface area contributed by atoms with Crippen molar-refractivity contribution in [3.05, 3.63) is 42.7 Å². The molecule has 1 atom stereocenters. The highest BCUT2D eigenvalue weighted by molar-refractivity contribution is 9.10. The summed E-state index contributed by atoms with van der Waals surface area (Å²) >= 11 is 6.96. The molecule has 1 nitrogen and oxygen atoms in total. The molecule has 0 aliphatic heterocycles. The average molecular weight is 341 g/mol. The van der Waals surface area contributed by atoms with Crippen LogP contribution in [0.15, 0.2) is 27.4 Å². The number of Topliss-reactive ketones (excluding diaryl/α,β-unsaturated/α-hetero) is 1. The molecule has 4 heteroatoms. The minimum atomic E-state index is 0.133. The van der Waals surface area contributed by atoms with Gasteiger partial charge in [0.1, 0.15) is 5.78 Å². The Morgan fingerprint density at radius 1 is 1.33 bits per heavy atom. The van der Waals surface area contributed by atoms with Gasteiger partial charge < -0.3 is 0 Å². The van der Waals surface area contributed by atoms with Gasteiger partial charge in [0.15, 0.2) is 0 Å². The lowest BCUT2D eigenvalue weighted by Gasteiger charge is -2.21. The highest BCUT2D eigenvalue weighted by atomic mass is 79.9. The molecule has 0 bridgehead atoms. The molecular formula is C14H13BrOS2. The van der Waals surface area contributed by atoms with E-state index in [9.17, 15) is 4.79 Å². The summed E-state index contributed by atoms with van der Waals surface area (Å²) in [5.74, 6) is 0.506. The molecule has 2 heterocycles. The molecule has 0 saturated heterocycles. The average Bonchev–Trinajstić information content (AvgIpc) is 2.98. The number of ketones is 1. The van der Waals surface area contributed by atoms with Crippen molar-refractivity contribution in [2.24, 2.45) is 0 Å². The molecule has 0 saturated carbocycles. The number of carbonyl (C=O) groups is 1. The molecule has 18 heavy (non-hydrogen) atoms. The van der Waals surface area contributed by atoms with E-state index < -0.39 is 0 Å². The third kappa shape index (κ3) is 2.33. The molecule has 0 amide bonds. The Labute approximate surface area is 123 Å². The number of halogens is 1. The number of hydrogen-bond acceptors (Lipinski definition) is 3. The molecule has 0 aromatic carbocycles. The largest absolute Gasteiger partial charge is 0.299 e. The molecular weight excluding hydrogens is 328 g/mol. The Hall–Kier alpha value is -0.450. The van der Waals surface area contributed by atoms with E-state index in [0.29, 0.717) is 12.2 Å². The van der Waals surface area contributed by atoms with Crippen LogP contribution < -0.4 is 0 Å². The minimum absolute atomic E-state index is 0.133. The van der Waals surface area contributed by atoms with Crippen LogP contribution in [0.2, 0.25) is 0 Å². The lowest BCUT2D eigenvalue weighted by molar-refractivity contribution is -0.120. The summed E-state index contributed by atoms with van der Waals surface area (Å²) < 4.78 is 1.07. The number of carbonyl (C=O) groups excluding carboxylic acids is 1. The van der Waals surface area contributed by atoms with Crippen LogP contribution in [-0.4, -0.2) is 5.78 Å². The summed E-state index contributed by atoms with van der Waals surface area (Å²) in [6.07, 6.45) is 3.89. The van der Waals surface area contributed by atoms with Crippen LogP contribution in [0.25, 0.3) is 0 Å². The van der Waals surface area contributed by atoms with E-state index in [1.165, 1.54) is 10.4 Å². The van der Waals surface area contributed by atoms with Gasteiger partial charge in [-0.25, -0.2) is 0 Å². The van der Waals surface area contributed by atoms with Crippen molar-refractivity contribution in [1.82, 2.24) is 0 Å². The molecule has 2 aromatic heterocycles. The van der Waals surface area contributed by atoms with Crippen LogP contribution in [-0.2, 0) is 17.6 Å². The normalized spacial score (nSPS) is 18.6. The summed E-state index contributed by atoms with van der Waals surface area (Å²) in [5.41, 5.74) is 1.30. The lowest BCUT2D eigenvalue weighted by Crippen LogP contribution is -2.18. The van der Waals surface area contributed by atoms with Gasteiger partial charge in [-0.3, -0.25) is 4.79 Å². The van der Waals surface area contributed by atoms with Gasteiger partial charge in [-0.1, -0.05) is 0 Å². The Kier molecular flexibility index (Phi) is 3.68. The SMILES string of the molecule is O=C(Cc1sccc1Br)C1CCCc2sccc21. The fourth-order valence-corrected chi connectivity index (χ4v) is 5.04. The predicted octanol–water partition coefficient (Wildman–Crippen LogP) is 4.80. The number of fused-ring (bicyclic) bond motifs is 1. The maximum atomic E-state index is 12.5. The van der Waals surface area contributed by atoms with Gasteiger partial charge in [-0.05, 0) is 63.6 Å². The Balaban J connectivity index is 1.81. The fraction of sp³-hybridized carbons (Fsp3) is 0.357. The fourth-order valence-electron chi connectivity index (χ4n) is 2.55. The van der Waals surface area contributed by atoms with E-state index in [-0.39, 0.29) is 5.92 Å². The van der Waals surface area contributed by atoms with Crippen LogP contribution >= 0.6 is 38.6 Å².